The molecule has 164 valence electrons. The van der Waals surface area contributed by atoms with E-state index >= 15 is 0 Å². The van der Waals surface area contributed by atoms with E-state index in [1.165, 1.54) is 16.7 Å². The third-order valence-corrected chi connectivity index (χ3v) is 6.41. The Morgan fingerprint density at radius 1 is 1.30 bits per heavy atom. The van der Waals surface area contributed by atoms with Gasteiger partial charge in [-0.3, -0.25) is 4.90 Å². The second-order valence-electron chi connectivity index (χ2n) is 8.43. The number of ether oxygens (including phenoxy) is 1. The Bertz CT molecular complexity index is 772. The van der Waals surface area contributed by atoms with Gasteiger partial charge in [-0.2, -0.15) is 13.2 Å². The number of nitrogens with zero attached hydrogens (tertiary/aromatic N) is 2. The van der Waals surface area contributed by atoms with E-state index in [-0.39, 0.29) is 11.9 Å². The van der Waals surface area contributed by atoms with Gasteiger partial charge in [-0.05, 0) is 50.5 Å². The van der Waals surface area contributed by atoms with E-state index in [1.807, 2.05) is 6.08 Å². The number of hydrogen-bond acceptors (Lipinski definition) is 3. The molecule has 8 heteroatoms. The topological polar surface area (TPSA) is 44.8 Å². The van der Waals surface area contributed by atoms with Gasteiger partial charge in [0, 0.05) is 25.7 Å². The molecule has 0 radical (unpaired) electrons. The van der Waals surface area contributed by atoms with Gasteiger partial charge in [0.1, 0.15) is 18.1 Å². The third-order valence-electron chi connectivity index (χ3n) is 6.41. The average molecular weight is 423 g/mol. The maximum Gasteiger partial charge on any atom is 0.404 e. The fraction of sp³-hybridized carbons (Fsp3) is 0.591. The molecule has 3 atom stereocenters. The molecule has 1 N–H and O–H groups in total. The van der Waals surface area contributed by atoms with Crippen LogP contribution in [-0.2, 0) is 4.74 Å². The molecule has 4 rings (SSSR count). The Morgan fingerprint density at radius 2 is 2.17 bits per heavy atom. The van der Waals surface area contributed by atoms with Crippen LogP contribution >= 0.6 is 0 Å². The van der Waals surface area contributed by atoms with Crippen molar-refractivity contribution in [1.29, 1.82) is 0 Å². The van der Waals surface area contributed by atoms with Gasteiger partial charge in [0.05, 0.1) is 6.20 Å². The molecule has 2 saturated heterocycles. The number of rotatable bonds is 3. The summed E-state index contributed by atoms with van der Waals surface area (Å²) in [5, 5.41) is 2.65. The largest absolute Gasteiger partial charge is 0.466 e. The number of likely N-dealkylation sites (tertiary alicyclic amines) is 1. The van der Waals surface area contributed by atoms with E-state index in [2.05, 4.69) is 17.5 Å². The van der Waals surface area contributed by atoms with Crippen LogP contribution in [-0.4, -0.2) is 47.7 Å². The molecule has 2 fully saturated rings. The molecule has 0 spiro atoms. The van der Waals surface area contributed by atoms with E-state index in [9.17, 15) is 18.0 Å². The van der Waals surface area contributed by atoms with Gasteiger partial charge in [0.15, 0.2) is 0 Å². The number of nitrogens with one attached hydrogen (secondary N) is 1. The third kappa shape index (κ3) is 4.74. The predicted molar refractivity (Wildman–Crippen MR) is 107 cm³/mol. The summed E-state index contributed by atoms with van der Waals surface area (Å²) in [4.78, 5) is 16.1. The van der Waals surface area contributed by atoms with Crippen molar-refractivity contribution in [3.8, 4) is 0 Å². The average Bonchev–Trinajstić information content (AvgIpc) is 3.24. The van der Waals surface area contributed by atoms with Crippen molar-refractivity contribution in [2.75, 3.05) is 19.6 Å². The summed E-state index contributed by atoms with van der Waals surface area (Å²) in [5.41, 5.74) is 1.25. The number of hydrogen-bond donors (Lipinski definition) is 1. The molecule has 3 aliphatic heterocycles. The van der Waals surface area contributed by atoms with E-state index in [4.69, 9.17) is 4.74 Å². The SMILES string of the molecule is O=C(N1C=COC(CC2=CC=CCC2)=C1)N1CCC(C2CCCNC2C(F)(F)F)C1. The minimum atomic E-state index is -4.25. The number of urea groups is 1. The fourth-order valence-corrected chi connectivity index (χ4v) is 4.90. The highest BCUT2D eigenvalue weighted by Crippen LogP contribution is 2.38. The molecule has 5 nitrogen and oxygen atoms in total. The van der Waals surface area contributed by atoms with Crippen molar-refractivity contribution in [3.63, 3.8) is 0 Å². The molecule has 1 aliphatic carbocycles. The molecule has 4 aliphatic rings. The van der Waals surface area contributed by atoms with Crippen molar-refractivity contribution in [3.05, 3.63) is 48.2 Å². The molecular weight excluding hydrogens is 395 g/mol. The molecule has 0 saturated carbocycles. The molecule has 0 aromatic carbocycles. The van der Waals surface area contributed by atoms with Gasteiger partial charge in [-0.15, -0.1) is 0 Å². The quantitative estimate of drug-likeness (QED) is 0.718. The predicted octanol–water partition coefficient (Wildman–Crippen LogP) is 4.67. The van der Waals surface area contributed by atoms with Crippen LogP contribution in [0.2, 0.25) is 0 Å². The molecule has 3 unspecified atom stereocenters. The molecule has 30 heavy (non-hydrogen) atoms. The summed E-state index contributed by atoms with van der Waals surface area (Å²) in [6, 6.07) is -1.68. The monoisotopic (exact) mass is 423 g/mol. The fourth-order valence-electron chi connectivity index (χ4n) is 4.90. The number of amides is 2. The minimum absolute atomic E-state index is 0.138. The lowest BCUT2D eigenvalue weighted by molar-refractivity contribution is -0.176. The van der Waals surface area contributed by atoms with Crippen LogP contribution in [0, 0.1) is 11.8 Å². The number of carbonyl (C=O) groups is 1. The van der Waals surface area contributed by atoms with Gasteiger partial charge in [0.25, 0.3) is 0 Å². The molecule has 0 aromatic rings. The number of allylic oxidation sites excluding steroid dienone is 4. The van der Waals surface area contributed by atoms with Crippen LogP contribution in [0.15, 0.2) is 48.2 Å². The first-order valence-corrected chi connectivity index (χ1v) is 10.7. The molecule has 3 heterocycles. The van der Waals surface area contributed by atoms with Gasteiger partial charge < -0.3 is 15.0 Å². The van der Waals surface area contributed by atoms with Crippen molar-refractivity contribution in [2.45, 2.75) is 50.7 Å². The highest BCUT2D eigenvalue weighted by molar-refractivity contribution is 5.77. The Kier molecular flexibility index (Phi) is 6.22. The molecule has 0 bridgehead atoms. The first-order valence-electron chi connectivity index (χ1n) is 10.7. The zero-order valence-electron chi connectivity index (χ0n) is 16.9. The highest BCUT2D eigenvalue weighted by atomic mass is 19.4. The van der Waals surface area contributed by atoms with Crippen LogP contribution in [0.4, 0.5) is 18.0 Å². The summed E-state index contributed by atoms with van der Waals surface area (Å²) in [5.74, 6) is 0.0759. The van der Waals surface area contributed by atoms with Gasteiger partial charge in [-0.25, -0.2) is 4.79 Å². The highest BCUT2D eigenvalue weighted by Gasteiger charge is 2.49. The summed E-state index contributed by atoms with van der Waals surface area (Å²) in [6.07, 6.45) is 11.2. The lowest BCUT2D eigenvalue weighted by Crippen LogP contribution is -2.53. The zero-order valence-corrected chi connectivity index (χ0v) is 16.9. The van der Waals surface area contributed by atoms with Crippen molar-refractivity contribution in [2.24, 2.45) is 11.8 Å². The lowest BCUT2D eigenvalue weighted by Gasteiger charge is -2.37. The van der Waals surface area contributed by atoms with E-state index in [0.717, 1.165) is 19.3 Å². The summed E-state index contributed by atoms with van der Waals surface area (Å²) in [7, 11) is 0. The second kappa shape index (κ2) is 8.88. The maximum atomic E-state index is 13.4. The summed E-state index contributed by atoms with van der Waals surface area (Å²) < 4.78 is 45.9. The zero-order chi connectivity index (χ0) is 21.1. The number of alkyl halides is 3. The van der Waals surface area contributed by atoms with Crippen molar-refractivity contribution in [1.82, 2.24) is 15.1 Å². The second-order valence-corrected chi connectivity index (χ2v) is 8.43. The standard InChI is InChI=1S/C22H28F3N3O2/c23-22(24,25)20-19(7-4-9-26-20)17-8-10-27(14-17)21(29)28-11-12-30-18(15-28)13-16-5-2-1-3-6-16/h1-2,5,11-12,15,17,19-20,26H,3-4,6-10,13-14H2. The summed E-state index contributed by atoms with van der Waals surface area (Å²) in [6.45, 7) is 1.24. The van der Waals surface area contributed by atoms with Gasteiger partial charge in [-0.1, -0.05) is 23.8 Å². The van der Waals surface area contributed by atoms with Crippen LogP contribution in [0.5, 0.6) is 0 Å². The van der Waals surface area contributed by atoms with E-state index < -0.39 is 18.1 Å². The van der Waals surface area contributed by atoms with Crippen LogP contribution in [0.3, 0.4) is 0 Å². The smallest absolute Gasteiger partial charge is 0.404 e. The van der Waals surface area contributed by atoms with Crippen LogP contribution in [0.25, 0.3) is 0 Å². The van der Waals surface area contributed by atoms with Crippen molar-refractivity contribution >= 4 is 6.03 Å². The first kappa shape index (κ1) is 21.0. The number of halogens is 3. The Labute approximate surface area is 174 Å². The van der Waals surface area contributed by atoms with Gasteiger partial charge >= 0.3 is 12.2 Å². The minimum Gasteiger partial charge on any atom is -0.466 e. The Balaban J connectivity index is 1.38. The lowest BCUT2D eigenvalue weighted by atomic mass is 9.79. The number of piperidine rings is 1. The molecular formula is C22H28F3N3O2. The van der Waals surface area contributed by atoms with Crippen LogP contribution < -0.4 is 5.32 Å². The molecule has 2 amide bonds. The first-order chi connectivity index (χ1) is 14.4. The number of carbonyl (C=O) groups excluding carboxylic acids is 1. The van der Waals surface area contributed by atoms with Gasteiger partial charge in [0.2, 0.25) is 0 Å². The maximum absolute atomic E-state index is 13.4. The Morgan fingerprint density at radius 3 is 2.93 bits per heavy atom. The molecule has 0 aromatic heterocycles. The van der Waals surface area contributed by atoms with E-state index in [1.54, 1.807) is 17.3 Å². The normalized spacial score (nSPS) is 29.5. The van der Waals surface area contributed by atoms with E-state index in [0.29, 0.717) is 44.7 Å². The Hall–Kier alpha value is -2.22. The summed E-state index contributed by atoms with van der Waals surface area (Å²) >= 11 is 0. The van der Waals surface area contributed by atoms with Crippen LogP contribution in [0.1, 0.15) is 38.5 Å². The van der Waals surface area contributed by atoms with Crippen molar-refractivity contribution < 1.29 is 22.7 Å².